The molecule has 0 spiro atoms. The van der Waals surface area contributed by atoms with Crippen LogP contribution in [0.1, 0.15) is 24.0 Å². The van der Waals surface area contributed by atoms with Crippen LogP contribution in [0.25, 0.3) is 0 Å². The van der Waals surface area contributed by atoms with Gasteiger partial charge in [-0.15, -0.1) is 0 Å². The van der Waals surface area contributed by atoms with Crippen molar-refractivity contribution in [2.75, 3.05) is 0 Å². The van der Waals surface area contributed by atoms with Gasteiger partial charge in [0.05, 0.1) is 6.61 Å². The van der Waals surface area contributed by atoms with Crippen molar-refractivity contribution < 1.29 is 14.2 Å². The van der Waals surface area contributed by atoms with Gasteiger partial charge in [0, 0.05) is 18.2 Å². The molecule has 2 aromatic carbocycles. The van der Waals surface area contributed by atoms with E-state index < -0.39 is 0 Å². The second kappa shape index (κ2) is 6.24. The van der Waals surface area contributed by atoms with Crippen molar-refractivity contribution >= 4 is 0 Å². The third-order valence-electron chi connectivity index (χ3n) is 3.55. The molecule has 4 heteroatoms. The van der Waals surface area contributed by atoms with Gasteiger partial charge in [-0.2, -0.15) is 0 Å². The highest BCUT2D eigenvalue weighted by atomic mass is 19.1. The predicted molar refractivity (Wildman–Crippen MR) is 78.7 cm³/mol. The van der Waals surface area contributed by atoms with E-state index in [1.165, 1.54) is 6.07 Å². The maximum atomic E-state index is 14.0. The zero-order valence-electron chi connectivity index (χ0n) is 11.7. The molecule has 1 saturated carbocycles. The maximum Gasteiger partial charge on any atom is 0.134 e. The number of aliphatic hydroxyl groups excluding tert-OH is 1. The first kappa shape index (κ1) is 14.0. The summed E-state index contributed by atoms with van der Waals surface area (Å²) in [6, 6.07) is 12.5. The molecule has 0 radical (unpaired) electrons. The molecular formula is C17H18FNO2. The van der Waals surface area contributed by atoms with E-state index in [1.54, 1.807) is 36.4 Å². The Morgan fingerprint density at radius 1 is 1.14 bits per heavy atom. The fraction of sp³-hybridized carbons (Fsp3) is 0.294. The quantitative estimate of drug-likeness (QED) is 0.856. The summed E-state index contributed by atoms with van der Waals surface area (Å²) >= 11 is 0. The first-order chi connectivity index (χ1) is 10.3. The Hall–Kier alpha value is -1.91. The molecule has 0 aliphatic heterocycles. The molecule has 0 aromatic heterocycles. The van der Waals surface area contributed by atoms with Crippen molar-refractivity contribution in [1.82, 2.24) is 5.32 Å². The molecule has 2 N–H and O–H groups in total. The van der Waals surface area contributed by atoms with Gasteiger partial charge in [0.2, 0.25) is 0 Å². The minimum Gasteiger partial charge on any atom is -0.457 e. The summed E-state index contributed by atoms with van der Waals surface area (Å²) < 4.78 is 19.8. The lowest BCUT2D eigenvalue weighted by molar-refractivity contribution is 0.281. The first-order valence-electron chi connectivity index (χ1n) is 7.14. The van der Waals surface area contributed by atoms with Crippen LogP contribution >= 0.6 is 0 Å². The normalized spacial score (nSPS) is 14.2. The average molecular weight is 287 g/mol. The fourth-order valence-corrected chi connectivity index (χ4v) is 2.13. The summed E-state index contributed by atoms with van der Waals surface area (Å²) in [4.78, 5) is 0. The number of hydrogen-bond donors (Lipinski definition) is 2. The van der Waals surface area contributed by atoms with Crippen LogP contribution < -0.4 is 10.1 Å². The van der Waals surface area contributed by atoms with E-state index in [-0.39, 0.29) is 12.4 Å². The van der Waals surface area contributed by atoms with Crippen LogP contribution in [-0.4, -0.2) is 11.1 Å². The minimum absolute atomic E-state index is 0.00317. The van der Waals surface area contributed by atoms with Gasteiger partial charge in [-0.3, -0.25) is 0 Å². The van der Waals surface area contributed by atoms with Crippen molar-refractivity contribution in [1.29, 1.82) is 0 Å². The third kappa shape index (κ3) is 3.60. The summed E-state index contributed by atoms with van der Waals surface area (Å²) in [5.41, 5.74) is 1.37. The van der Waals surface area contributed by atoms with Crippen LogP contribution in [0.3, 0.4) is 0 Å². The Kier molecular flexibility index (Phi) is 4.18. The van der Waals surface area contributed by atoms with Gasteiger partial charge in [0.1, 0.15) is 17.3 Å². The van der Waals surface area contributed by atoms with Crippen LogP contribution in [-0.2, 0) is 13.2 Å². The van der Waals surface area contributed by atoms with Crippen molar-refractivity contribution in [3.05, 3.63) is 59.4 Å². The van der Waals surface area contributed by atoms with Gasteiger partial charge < -0.3 is 15.2 Å². The molecule has 21 heavy (non-hydrogen) atoms. The van der Waals surface area contributed by atoms with E-state index in [1.807, 2.05) is 0 Å². The number of aliphatic hydroxyl groups is 1. The van der Waals surface area contributed by atoms with Crippen LogP contribution in [0.4, 0.5) is 4.39 Å². The van der Waals surface area contributed by atoms with E-state index in [2.05, 4.69) is 5.32 Å². The van der Waals surface area contributed by atoms with Crippen LogP contribution in [0, 0.1) is 5.82 Å². The van der Waals surface area contributed by atoms with Gasteiger partial charge >= 0.3 is 0 Å². The Labute approximate surface area is 123 Å². The summed E-state index contributed by atoms with van der Waals surface area (Å²) in [7, 11) is 0. The number of benzene rings is 2. The summed E-state index contributed by atoms with van der Waals surface area (Å²) in [5.74, 6) is 0.901. The summed E-state index contributed by atoms with van der Waals surface area (Å²) in [6.45, 7) is 0.470. The standard InChI is InChI=1S/C17H18FNO2/c18-16-2-1-3-17(15(16)10-19-13-6-7-13)21-14-8-4-12(11-20)5-9-14/h1-5,8-9,13,19-20H,6-7,10-11H2. The summed E-state index contributed by atoms with van der Waals surface area (Å²) in [6.07, 6.45) is 2.32. The Balaban J connectivity index is 1.77. The van der Waals surface area contributed by atoms with E-state index in [0.29, 0.717) is 29.6 Å². The van der Waals surface area contributed by atoms with Crippen molar-refractivity contribution in [2.24, 2.45) is 0 Å². The van der Waals surface area contributed by atoms with Crippen molar-refractivity contribution in [2.45, 2.75) is 32.0 Å². The van der Waals surface area contributed by atoms with E-state index in [0.717, 1.165) is 18.4 Å². The molecule has 3 rings (SSSR count). The van der Waals surface area contributed by atoms with Gasteiger partial charge in [-0.1, -0.05) is 18.2 Å². The molecule has 0 bridgehead atoms. The van der Waals surface area contributed by atoms with E-state index in [9.17, 15) is 4.39 Å². The number of hydrogen-bond acceptors (Lipinski definition) is 3. The molecule has 1 fully saturated rings. The molecule has 2 aromatic rings. The van der Waals surface area contributed by atoms with E-state index >= 15 is 0 Å². The molecule has 1 aliphatic rings. The lowest BCUT2D eigenvalue weighted by Crippen LogP contribution is -2.16. The molecule has 0 amide bonds. The monoisotopic (exact) mass is 287 g/mol. The minimum atomic E-state index is -0.257. The third-order valence-corrected chi connectivity index (χ3v) is 3.55. The topological polar surface area (TPSA) is 41.5 Å². The average Bonchev–Trinajstić information content (AvgIpc) is 3.32. The Morgan fingerprint density at radius 2 is 1.90 bits per heavy atom. The van der Waals surface area contributed by atoms with Crippen LogP contribution in [0.15, 0.2) is 42.5 Å². The van der Waals surface area contributed by atoms with E-state index in [4.69, 9.17) is 9.84 Å². The predicted octanol–water partition coefficient (Wildman–Crippen LogP) is 3.36. The number of rotatable bonds is 6. The zero-order chi connectivity index (χ0) is 14.7. The van der Waals surface area contributed by atoms with Gasteiger partial charge in [-0.05, 0) is 42.7 Å². The first-order valence-corrected chi connectivity index (χ1v) is 7.14. The molecule has 0 saturated heterocycles. The molecule has 0 atom stereocenters. The molecule has 3 nitrogen and oxygen atoms in total. The smallest absolute Gasteiger partial charge is 0.134 e. The molecular weight excluding hydrogens is 269 g/mol. The second-order valence-corrected chi connectivity index (χ2v) is 5.28. The largest absolute Gasteiger partial charge is 0.457 e. The molecule has 110 valence electrons. The van der Waals surface area contributed by atoms with Crippen molar-refractivity contribution in [3.8, 4) is 11.5 Å². The number of ether oxygens (including phenoxy) is 1. The van der Waals surface area contributed by atoms with Gasteiger partial charge in [0.25, 0.3) is 0 Å². The number of nitrogens with one attached hydrogen (secondary N) is 1. The SMILES string of the molecule is OCc1ccc(Oc2cccc(F)c2CNC2CC2)cc1. The molecule has 0 heterocycles. The van der Waals surface area contributed by atoms with Crippen molar-refractivity contribution in [3.63, 3.8) is 0 Å². The molecule has 1 aliphatic carbocycles. The lowest BCUT2D eigenvalue weighted by atomic mass is 10.1. The summed E-state index contributed by atoms with van der Waals surface area (Å²) in [5, 5.41) is 12.3. The highest BCUT2D eigenvalue weighted by molar-refractivity contribution is 5.39. The maximum absolute atomic E-state index is 14.0. The zero-order valence-corrected chi connectivity index (χ0v) is 11.7. The Bertz CT molecular complexity index is 609. The highest BCUT2D eigenvalue weighted by Gasteiger charge is 2.21. The lowest BCUT2D eigenvalue weighted by Gasteiger charge is -2.13. The van der Waals surface area contributed by atoms with Crippen LogP contribution in [0.5, 0.6) is 11.5 Å². The van der Waals surface area contributed by atoms with Gasteiger partial charge in [-0.25, -0.2) is 4.39 Å². The highest BCUT2D eigenvalue weighted by Crippen LogP contribution is 2.28. The molecule has 0 unspecified atom stereocenters. The fourth-order valence-electron chi connectivity index (χ4n) is 2.13. The second-order valence-electron chi connectivity index (χ2n) is 5.28. The van der Waals surface area contributed by atoms with Crippen LogP contribution in [0.2, 0.25) is 0 Å². The van der Waals surface area contributed by atoms with Gasteiger partial charge in [0.15, 0.2) is 0 Å². The number of halogens is 1. The Morgan fingerprint density at radius 3 is 2.57 bits per heavy atom.